The van der Waals surface area contributed by atoms with E-state index in [1.54, 1.807) is 12.1 Å². The highest BCUT2D eigenvalue weighted by atomic mass is 16.4. The Morgan fingerprint density at radius 2 is 1.85 bits per heavy atom. The van der Waals surface area contributed by atoms with Crippen molar-refractivity contribution in [2.45, 2.75) is 12.8 Å². The number of carboxylic acid groups (broad SMARTS) is 1. The van der Waals surface area contributed by atoms with Crippen LogP contribution in [0.2, 0.25) is 0 Å². The Hall–Kier alpha value is -3.27. The molecule has 0 amide bonds. The Labute approximate surface area is 158 Å². The van der Waals surface area contributed by atoms with E-state index in [0.29, 0.717) is 0 Å². The zero-order valence-corrected chi connectivity index (χ0v) is 15.4. The van der Waals surface area contributed by atoms with E-state index in [-0.39, 0.29) is 5.56 Å². The maximum Gasteiger partial charge on any atom is 0.0721 e. The zero-order chi connectivity index (χ0) is 19.0. The van der Waals surface area contributed by atoms with Gasteiger partial charge < -0.3 is 20.5 Å². The molecule has 2 N–H and O–H groups in total. The molecule has 2 aromatic carbocycles. The molecule has 0 fully saturated rings. The summed E-state index contributed by atoms with van der Waals surface area (Å²) in [5.74, 6) is -1.15. The van der Waals surface area contributed by atoms with Crippen LogP contribution in [0.4, 0.5) is 5.69 Å². The summed E-state index contributed by atoms with van der Waals surface area (Å²) < 4.78 is 0. The van der Waals surface area contributed by atoms with Crippen molar-refractivity contribution < 1.29 is 9.90 Å². The van der Waals surface area contributed by atoms with Gasteiger partial charge in [0.2, 0.25) is 0 Å². The number of nitrogens with one attached hydrogen (secondary N) is 2. The molecule has 2 aromatic rings. The first kappa shape index (κ1) is 17.2. The van der Waals surface area contributed by atoms with E-state index < -0.39 is 5.97 Å². The Balaban J connectivity index is 2.00. The normalized spacial score (nSPS) is 15.3. The Kier molecular flexibility index (Phi) is 4.32. The van der Waals surface area contributed by atoms with Crippen molar-refractivity contribution in [2.24, 2.45) is 0 Å². The van der Waals surface area contributed by atoms with Gasteiger partial charge in [-0.05, 0) is 64.5 Å². The van der Waals surface area contributed by atoms with Crippen LogP contribution in [0.25, 0.3) is 5.57 Å². The van der Waals surface area contributed by atoms with E-state index in [1.165, 1.54) is 16.7 Å². The van der Waals surface area contributed by atoms with Gasteiger partial charge in [0.15, 0.2) is 0 Å². The lowest BCUT2D eigenvalue weighted by Gasteiger charge is -2.30. The second-order valence-corrected chi connectivity index (χ2v) is 6.77. The molecule has 2 aliphatic carbocycles. The standard InChI is InChI=1S/C23H22N2O2/c1-24-16-7-9-18-14(12-16)11-15-13-17(25-2)8-10-19(15)22(18)20-5-3-4-6-21(20)23(26)27/h3-9,12-13,24-25H,10-11H2,1-2H3,(H,26,27)/p-1. The second kappa shape index (κ2) is 6.80. The summed E-state index contributed by atoms with van der Waals surface area (Å²) in [5.41, 5.74) is 8.79. The lowest BCUT2D eigenvalue weighted by atomic mass is 9.75. The van der Waals surface area contributed by atoms with Crippen molar-refractivity contribution in [2.75, 3.05) is 19.4 Å². The Morgan fingerprint density at radius 1 is 1.04 bits per heavy atom. The predicted molar refractivity (Wildman–Crippen MR) is 106 cm³/mol. The highest BCUT2D eigenvalue weighted by molar-refractivity contribution is 5.99. The molecule has 0 heterocycles. The topological polar surface area (TPSA) is 64.2 Å². The number of aromatic carboxylic acids is 1. The van der Waals surface area contributed by atoms with Crippen LogP contribution in [0, 0.1) is 0 Å². The minimum atomic E-state index is -1.15. The number of benzene rings is 2. The molecular weight excluding hydrogens is 336 g/mol. The smallest absolute Gasteiger partial charge is 0.0721 e. The van der Waals surface area contributed by atoms with Crippen LogP contribution in [0.3, 0.4) is 0 Å². The second-order valence-electron chi connectivity index (χ2n) is 6.77. The van der Waals surface area contributed by atoms with Crippen molar-refractivity contribution in [3.63, 3.8) is 0 Å². The molecule has 0 saturated heterocycles. The molecular formula is C23H21N2O2-. The van der Waals surface area contributed by atoms with E-state index in [1.807, 2.05) is 32.3 Å². The van der Waals surface area contributed by atoms with Gasteiger partial charge in [0.25, 0.3) is 0 Å². The van der Waals surface area contributed by atoms with Crippen LogP contribution >= 0.6 is 0 Å². The minimum absolute atomic E-state index is 0.230. The number of carbonyl (C=O) groups is 1. The van der Waals surface area contributed by atoms with Gasteiger partial charge in [-0.1, -0.05) is 36.4 Å². The van der Waals surface area contributed by atoms with Crippen LogP contribution in [-0.2, 0) is 6.42 Å². The molecule has 2 aliphatic rings. The minimum Gasteiger partial charge on any atom is -0.545 e. The highest BCUT2D eigenvalue weighted by Gasteiger charge is 2.26. The fourth-order valence-electron chi connectivity index (χ4n) is 3.97. The summed E-state index contributed by atoms with van der Waals surface area (Å²) in [6, 6.07) is 13.4. The molecule has 136 valence electrons. The largest absolute Gasteiger partial charge is 0.545 e. The van der Waals surface area contributed by atoms with Gasteiger partial charge in [0, 0.05) is 31.0 Å². The fourth-order valence-corrected chi connectivity index (χ4v) is 3.97. The summed E-state index contributed by atoms with van der Waals surface area (Å²) >= 11 is 0. The number of anilines is 1. The maximum atomic E-state index is 11.8. The average molecular weight is 357 g/mol. The third kappa shape index (κ3) is 2.93. The molecule has 4 heteroatoms. The number of hydrogen-bond donors (Lipinski definition) is 2. The molecule has 0 radical (unpaired) electrons. The summed E-state index contributed by atoms with van der Waals surface area (Å²) in [7, 11) is 3.82. The van der Waals surface area contributed by atoms with E-state index in [4.69, 9.17) is 0 Å². The highest BCUT2D eigenvalue weighted by Crippen LogP contribution is 2.43. The first-order chi connectivity index (χ1) is 13.1. The van der Waals surface area contributed by atoms with Crippen LogP contribution in [-0.4, -0.2) is 20.1 Å². The molecule has 0 aromatic heterocycles. The molecule has 27 heavy (non-hydrogen) atoms. The van der Waals surface area contributed by atoms with Crippen molar-refractivity contribution in [3.05, 3.63) is 93.7 Å². The van der Waals surface area contributed by atoms with Gasteiger partial charge in [-0.3, -0.25) is 0 Å². The number of allylic oxidation sites excluding steroid dienone is 4. The molecule has 0 saturated carbocycles. The maximum absolute atomic E-state index is 11.8. The molecule has 0 spiro atoms. The van der Waals surface area contributed by atoms with Crippen LogP contribution in [0.15, 0.2) is 71.5 Å². The number of fused-ring (bicyclic) bond motifs is 2. The lowest BCUT2D eigenvalue weighted by molar-refractivity contribution is -0.255. The van der Waals surface area contributed by atoms with Crippen molar-refractivity contribution in [1.82, 2.24) is 5.32 Å². The van der Waals surface area contributed by atoms with Gasteiger partial charge in [0.1, 0.15) is 0 Å². The lowest BCUT2D eigenvalue weighted by Crippen LogP contribution is -2.24. The third-order valence-corrected chi connectivity index (χ3v) is 5.29. The molecule has 0 atom stereocenters. The molecule has 0 unspecified atom stereocenters. The Bertz CT molecular complexity index is 1030. The molecule has 0 bridgehead atoms. The first-order valence-corrected chi connectivity index (χ1v) is 9.06. The van der Waals surface area contributed by atoms with E-state index in [0.717, 1.165) is 40.9 Å². The number of likely N-dealkylation sites (N-methyl/N-ethyl adjacent to an activating group) is 1. The third-order valence-electron chi connectivity index (χ3n) is 5.29. The van der Waals surface area contributed by atoms with Crippen LogP contribution in [0.5, 0.6) is 0 Å². The van der Waals surface area contributed by atoms with E-state index in [2.05, 4.69) is 34.9 Å². The number of hydrogen-bond acceptors (Lipinski definition) is 4. The summed E-state index contributed by atoms with van der Waals surface area (Å²) in [4.78, 5) is 11.8. The van der Waals surface area contributed by atoms with Crippen LogP contribution < -0.4 is 15.7 Å². The predicted octanol–water partition coefficient (Wildman–Crippen LogP) is 2.88. The van der Waals surface area contributed by atoms with Gasteiger partial charge >= 0.3 is 0 Å². The molecule has 4 rings (SSSR count). The molecule has 0 aliphatic heterocycles. The molecule has 4 nitrogen and oxygen atoms in total. The fraction of sp³-hybridized carbons (Fsp3) is 0.174. The van der Waals surface area contributed by atoms with Gasteiger partial charge in [-0.2, -0.15) is 0 Å². The first-order valence-electron chi connectivity index (χ1n) is 9.06. The van der Waals surface area contributed by atoms with Crippen molar-refractivity contribution in [1.29, 1.82) is 0 Å². The summed E-state index contributed by atoms with van der Waals surface area (Å²) in [5, 5.41) is 18.2. The summed E-state index contributed by atoms with van der Waals surface area (Å²) in [6.45, 7) is 0. The van der Waals surface area contributed by atoms with E-state index >= 15 is 0 Å². The average Bonchev–Trinajstić information content (AvgIpc) is 2.71. The van der Waals surface area contributed by atoms with Gasteiger partial charge in [0.05, 0.1) is 5.97 Å². The van der Waals surface area contributed by atoms with Gasteiger partial charge in [-0.25, -0.2) is 0 Å². The monoisotopic (exact) mass is 357 g/mol. The quantitative estimate of drug-likeness (QED) is 0.883. The number of carboxylic acids is 1. The Morgan fingerprint density at radius 3 is 2.59 bits per heavy atom. The van der Waals surface area contributed by atoms with Crippen molar-refractivity contribution >= 4 is 17.2 Å². The van der Waals surface area contributed by atoms with E-state index in [9.17, 15) is 9.90 Å². The van der Waals surface area contributed by atoms with Gasteiger partial charge in [-0.15, -0.1) is 0 Å². The van der Waals surface area contributed by atoms with Crippen LogP contribution in [0.1, 0.15) is 33.5 Å². The number of carbonyl (C=O) groups excluding carboxylic acids is 1. The summed E-state index contributed by atoms with van der Waals surface area (Å²) in [6.07, 6.45) is 5.91. The van der Waals surface area contributed by atoms with Crippen molar-refractivity contribution in [3.8, 4) is 0 Å². The SMILES string of the molecule is CNC1=CCC2=C(c3ccccc3C(=O)[O-])c3ccc(NC)cc3CC2=C1. The zero-order valence-electron chi connectivity index (χ0n) is 15.4. The number of rotatable bonds is 4.